The van der Waals surface area contributed by atoms with Gasteiger partial charge in [0.25, 0.3) is 0 Å². The normalized spacial score (nSPS) is 14.3. The number of allylic oxidation sites excluding steroid dienone is 21. The number of unbranched alkanes of at least 4 members (excludes halogenated alkanes) is 13. The monoisotopic (exact) mass is 912 g/mol. The SMILES string of the molecule is CC/C=C\C/C=C\C/C=C\C/C=C\C/C=C\C/C=C\C(CC(=O)NC(CO)C(O)CCCCCCCCCCCCCCCC)OC(=O)CC/C=C/C/C=C/C/C=C/C/C=C/C/C=C/CC. The van der Waals surface area contributed by atoms with Gasteiger partial charge in [-0.25, -0.2) is 0 Å². The molecule has 0 aliphatic carbocycles. The van der Waals surface area contributed by atoms with E-state index in [0.29, 0.717) is 19.3 Å². The van der Waals surface area contributed by atoms with E-state index in [1.807, 2.05) is 12.2 Å². The van der Waals surface area contributed by atoms with Crippen molar-refractivity contribution in [2.45, 2.75) is 225 Å². The zero-order chi connectivity index (χ0) is 48.1. The molecule has 0 aliphatic rings. The van der Waals surface area contributed by atoms with Crippen LogP contribution in [-0.2, 0) is 14.3 Å². The van der Waals surface area contributed by atoms with Crippen LogP contribution >= 0.6 is 0 Å². The van der Waals surface area contributed by atoms with Gasteiger partial charge in [0.1, 0.15) is 6.10 Å². The first-order valence-electron chi connectivity index (χ1n) is 26.4. The van der Waals surface area contributed by atoms with Gasteiger partial charge in [-0.3, -0.25) is 9.59 Å². The van der Waals surface area contributed by atoms with Gasteiger partial charge in [0.2, 0.25) is 5.91 Å². The van der Waals surface area contributed by atoms with Gasteiger partial charge in [0.05, 0.1) is 25.2 Å². The van der Waals surface area contributed by atoms with Crippen LogP contribution in [0.25, 0.3) is 0 Å². The Bertz CT molecular complexity index is 1440. The fraction of sp³-hybridized carbons (Fsp3) is 0.600. The minimum absolute atomic E-state index is 0.0857. The van der Waals surface area contributed by atoms with Gasteiger partial charge in [-0.2, -0.15) is 0 Å². The summed E-state index contributed by atoms with van der Waals surface area (Å²) in [6.45, 7) is 6.19. The van der Waals surface area contributed by atoms with Gasteiger partial charge in [0, 0.05) is 6.42 Å². The molecule has 0 radical (unpaired) electrons. The molecule has 1 amide bonds. The van der Waals surface area contributed by atoms with Crippen LogP contribution in [0.15, 0.2) is 134 Å². The van der Waals surface area contributed by atoms with E-state index in [4.69, 9.17) is 4.74 Å². The van der Waals surface area contributed by atoms with Gasteiger partial charge < -0.3 is 20.3 Å². The van der Waals surface area contributed by atoms with E-state index in [2.05, 4.69) is 142 Å². The number of rotatable bonds is 45. The molecule has 372 valence electrons. The average molecular weight is 912 g/mol. The maximum Gasteiger partial charge on any atom is 0.306 e. The molecule has 0 aromatic rings. The molecule has 0 saturated heterocycles. The van der Waals surface area contributed by atoms with Crippen molar-refractivity contribution in [2.24, 2.45) is 0 Å². The highest BCUT2D eigenvalue weighted by Crippen LogP contribution is 2.15. The molecule has 0 aromatic heterocycles. The Balaban J connectivity index is 4.90. The van der Waals surface area contributed by atoms with Gasteiger partial charge in [0.15, 0.2) is 0 Å². The van der Waals surface area contributed by atoms with E-state index in [0.717, 1.165) is 83.5 Å². The third-order valence-corrected chi connectivity index (χ3v) is 11.0. The number of aliphatic hydroxyl groups excluding tert-OH is 2. The summed E-state index contributed by atoms with van der Waals surface area (Å²) in [7, 11) is 0. The quantitative estimate of drug-likeness (QED) is 0.0321. The zero-order valence-corrected chi connectivity index (χ0v) is 42.3. The molecule has 0 aliphatic heterocycles. The van der Waals surface area contributed by atoms with Crippen molar-refractivity contribution in [1.82, 2.24) is 5.32 Å². The van der Waals surface area contributed by atoms with Gasteiger partial charge in [-0.15, -0.1) is 0 Å². The number of hydrogen-bond acceptors (Lipinski definition) is 5. The number of amides is 1. The van der Waals surface area contributed by atoms with Crippen LogP contribution in [0.2, 0.25) is 0 Å². The lowest BCUT2D eigenvalue weighted by Gasteiger charge is -2.23. The van der Waals surface area contributed by atoms with Crippen LogP contribution in [0.1, 0.15) is 207 Å². The molecular formula is C60H97NO5. The summed E-state index contributed by atoms with van der Waals surface area (Å²) >= 11 is 0. The van der Waals surface area contributed by atoms with Crippen LogP contribution < -0.4 is 5.32 Å². The third-order valence-electron chi connectivity index (χ3n) is 11.0. The van der Waals surface area contributed by atoms with Crippen molar-refractivity contribution < 1.29 is 24.5 Å². The second-order valence-electron chi connectivity index (χ2n) is 17.2. The molecule has 0 saturated carbocycles. The molecule has 66 heavy (non-hydrogen) atoms. The van der Waals surface area contributed by atoms with E-state index >= 15 is 0 Å². The lowest BCUT2D eigenvalue weighted by atomic mass is 10.0. The molecule has 0 bridgehead atoms. The van der Waals surface area contributed by atoms with Crippen molar-refractivity contribution in [3.8, 4) is 0 Å². The van der Waals surface area contributed by atoms with E-state index in [9.17, 15) is 19.8 Å². The lowest BCUT2D eigenvalue weighted by molar-refractivity contribution is -0.148. The number of carbonyl (C=O) groups is 2. The molecular weight excluding hydrogens is 815 g/mol. The van der Waals surface area contributed by atoms with Crippen molar-refractivity contribution >= 4 is 11.9 Å². The van der Waals surface area contributed by atoms with E-state index in [-0.39, 0.29) is 31.3 Å². The second-order valence-corrected chi connectivity index (χ2v) is 17.2. The standard InChI is InChI=1S/C60H97NO5/c1-4-7-10-13-16-19-22-25-28-30-31-33-36-39-42-45-48-51-56(66-60(65)53-50-47-44-41-38-35-32-29-26-23-20-17-14-11-8-5-2)54-59(64)61-57(55-62)58(63)52-49-46-43-40-37-34-27-24-21-18-15-12-9-6-3/h7-8,10-11,16-17,19-20,25-26,28-29,31,33,35,38-39,42,44,47-48,51,56-58,62-63H,4-6,9,12-15,18,21-24,27,30,32,34,36-37,40-41,43,45-46,49-50,52-55H2,1-3H3,(H,61,64)/b10-7-,11-8+,19-16-,20-17+,28-25-,29-26+,33-31-,38-35+,42-39-,47-44+,51-48-. The van der Waals surface area contributed by atoms with Crippen molar-refractivity contribution in [3.05, 3.63) is 134 Å². The summed E-state index contributed by atoms with van der Waals surface area (Å²) in [4.78, 5) is 26.1. The molecule has 0 heterocycles. The maximum atomic E-state index is 13.2. The van der Waals surface area contributed by atoms with Crippen LogP contribution in [0, 0.1) is 0 Å². The Morgan fingerprint density at radius 1 is 0.470 bits per heavy atom. The third kappa shape index (κ3) is 46.5. The highest BCUT2D eigenvalue weighted by molar-refractivity contribution is 5.78. The first-order chi connectivity index (χ1) is 32.5. The number of esters is 1. The predicted octanol–water partition coefficient (Wildman–Crippen LogP) is 16.2. The maximum absolute atomic E-state index is 13.2. The highest BCUT2D eigenvalue weighted by atomic mass is 16.5. The minimum atomic E-state index is -0.841. The molecule has 6 nitrogen and oxygen atoms in total. The summed E-state index contributed by atoms with van der Waals surface area (Å²) in [5, 5.41) is 23.7. The summed E-state index contributed by atoms with van der Waals surface area (Å²) in [6.07, 6.45) is 74.1. The fourth-order valence-corrected chi connectivity index (χ4v) is 7.06. The number of carbonyl (C=O) groups excluding carboxylic acids is 2. The topological polar surface area (TPSA) is 95.9 Å². The lowest BCUT2D eigenvalue weighted by Crippen LogP contribution is -2.46. The van der Waals surface area contributed by atoms with Crippen LogP contribution in [-0.4, -0.2) is 46.9 Å². The number of ether oxygens (including phenoxy) is 1. The molecule has 0 rings (SSSR count). The Labute approximate surface area is 405 Å². The van der Waals surface area contributed by atoms with Crippen molar-refractivity contribution in [2.75, 3.05) is 6.61 Å². The van der Waals surface area contributed by atoms with E-state index < -0.39 is 18.2 Å². The largest absolute Gasteiger partial charge is 0.458 e. The Morgan fingerprint density at radius 3 is 1.20 bits per heavy atom. The number of aliphatic hydroxyl groups is 2. The Morgan fingerprint density at radius 2 is 0.818 bits per heavy atom. The van der Waals surface area contributed by atoms with Gasteiger partial charge in [-0.1, -0.05) is 238 Å². The summed E-state index contributed by atoms with van der Waals surface area (Å²) < 4.78 is 5.78. The second kappa shape index (κ2) is 52.0. The number of hydrogen-bond donors (Lipinski definition) is 3. The van der Waals surface area contributed by atoms with E-state index in [1.165, 1.54) is 70.6 Å². The molecule has 0 spiro atoms. The number of nitrogens with one attached hydrogen (secondary N) is 1. The average Bonchev–Trinajstić information content (AvgIpc) is 3.31. The van der Waals surface area contributed by atoms with Gasteiger partial charge in [-0.05, 0) is 89.5 Å². The zero-order valence-electron chi connectivity index (χ0n) is 42.3. The molecule has 0 aromatic carbocycles. The molecule has 3 unspecified atom stereocenters. The molecule has 0 fully saturated rings. The highest BCUT2D eigenvalue weighted by Gasteiger charge is 2.23. The van der Waals surface area contributed by atoms with E-state index in [1.54, 1.807) is 6.08 Å². The minimum Gasteiger partial charge on any atom is -0.458 e. The summed E-state index contributed by atoms with van der Waals surface area (Å²) in [5.74, 6) is -0.742. The predicted molar refractivity (Wildman–Crippen MR) is 286 cm³/mol. The Hall–Kier alpha value is -4.00. The smallest absolute Gasteiger partial charge is 0.306 e. The van der Waals surface area contributed by atoms with Crippen molar-refractivity contribution in [1.29, 1.82) is 0 Å². The molecule has 6 heteroatoms. The van der Waals surface area contributed by atoms with Crippen LogP contribution in [0.5, 0.6) is 0 Å². The summed E-state index contributed by atoms with van der Waals surface area (Å²) in [5.41, 5.74) is 0. The molecule has 3 atom stereocenters. The fourth-order valence-electron chi connectivity index (χ4n) is 7.06. The first-order valence-corrected chi connectivity index (χ1v) is 26.4. The van der Waals surface area contributed by atoms with Crippen LogP contribution in [0.3, 0.4) is 0 Å². The first kappa shape index (κ1) is 62.0. The summed E-state index contributed by atoms with van der Waals surface area (Å²) in [6, 6.07) is -0.767. The van der Waals surface area contributed by atoms with Gasteiger partial charge >= 0.3 is 5.97 Å². The van der Waals surface area contributed by atoms with Crippen LogP contribution in [0.4, 0.5) is 0 Å². The Kier molecular flexibility index (Phi) is 48.8. The molecule has 3 N–H and O–H groups in total. The van der Waals surface area contributed by atoms with Crippen molar-refractivity contribution in [3.63, 3.8) is 0 Å².